The lowest BCUT2D eigenvalue weighted by atomic mass is 10.1. The van der Waals surface area contributed by atoms with Gasteiger partial charge in [0.05, 0.1) is 12.2 Å². The van der Waals surface area contributed by atoms with E-state index in [1.807, 2.05) is 45.2 Å². The first kappa shape index (κ1) is 20.0. The summed E-state index contributed by atoms with van der Waals surface area (Å²) >= 11 is 1.35. The third kappa shape index (κ3) is 4.04. The molecule has 2 N–H and O–H groups in total. The topological polar surface area (TPSA) is 97.4 Å². The number of hydrazone groups is 1. The lowest BCUT2D eigenvalue weighted by Gasteiger charge is -2.20. The molecule has 4 heterocycles. The number of amides is 1. The summed E-state index contributed by atoms with van der Waals surface area (Å²) in [5.41, 5.74) is 12.5. The van der Waals surface area contributed by atoms with E-state index in [-0.39, 0.29) is 0 Å². The van der Waals surface area contributed by atoms with Gasteiger partial charge in [-0.2, -0.15) is 5.10 Å². The number of hydrogen-bond donors (Lipinski definition) is 1. The minimum absolute atomic E-state index is 0.422. The smallest absolute Gasteiger partial charge is 0.252 e. The van der Waals surface area contributed by atoms with E-state index < -0.39 is 11.3 Å². The molecular formula is C22H22N6OS. The van der Waals surface area contributed by atoms with Crippen molar-refractivity contribution in [3.8, 4) is 11.3 Å². The van der Waals surface area contributed by atoms with Gasteiger partial charge in [0.1, 0.15) is 5.04 Å². The second-order valence-corrected chi connectivity index (χ2v) is 8.33. The third-order valence-corrected chi connectivity index (χ3v) is 6.10. The van der Waals surface area contributed by atoms with Crippen LogP contribution in [0.25, 0.3) is 11.3 Å². The molecule has 152 valence electrons. The van der Waals surface area contributed by atoms with Crippen LogP contribution >= 0.6 is 11.8 Å². The zero-order valence-electron chi connectivity index (χ0n) is 17.0. The molecular weight excluding hydrogens is 396 g/mol. The Kier molecular flexibility index (Phi) is 5.50. The maximum atomic E-state index is 12.1. The summed E-state index contributed by atoms with van der Waals surface area (Å²) in [4.78, 5) is 25.1. The predicted molar refractivity (Wildman–Crippen MR) is 119 cm³/mol. The molecule has 1 atom stereocenters. The highest BCUT2D eigenvalue weighted by atomic mass is 32.2. The minimum atomic E-state index is -0.567. The average molecular weight is 419 g/mol. The molecule has 30 heavy (non-hydrogen) atoms. The lowest BCUT2D eigenvalue weighted by Crippen LogP contribution is -2.36. The lowest BCUT2D eigenvalue weighted by molar-refractivity contribution is -0.120. The Labute approximate surface area is 179 Å². The highest BCUT2D eigenvalue weighted by molar-refractivity contribution is 8.15. The van der Waals surface area contributed by atoms with Crippen molar-refractivity contribution in [1.82, 2.24) is 20.0 Å². The summed E-state index contributed by atoms with van der Waals surface area (Å²) in [6.07, 6.45) is 7.11. The standard InChI is InChI=1S/C22H22N6OS/c1-13-4-6-24-11-18(13)21-27-28(22(30-21)20(23)29)12-16-8-14(2)19(26-10-16)17-5-7-25-15(3)9-17/h4-11,22H,12H2,1-3H3,(H2,23,29). The highest BCUT2D eigenvalue weighted by Crippen LogP contribution is 2.32. The van der Waals surface area contributed by atoms with Gasteiger partial charge in [-0.25, -0.2) is 0 Å². The van der Waals surface area contributed by atoms with Crippen LogP contribution in [0.1, 0.15) is 27.9 Å². The summed E-state index contributed by atoms with van der Waals surface area (Å²) < 4.78 is 0. The summed E-state index contributed by atoms with van der Waals surface area (Å²) in [7, 11) is 0. The number of nitrogens with two attached hydrogens (primary N) is 1. The number of aromatic nitrogens is 3. The number of nitrogens with zero attached hydrogens (tertiary/aromatic N) is 5. The van der Waals surface area contributed by atoms with Crippen molar-refractivity contribution >= 4 is 22.7 Å². The fraction of sp³-hybridized carbons (Fsp3) is 0.227. The Balaban J connectivity index is 1.61. The molecule has 1 aliphatic heterocycles. The molecule has 0 fully saturated rings. The maximum Gasteiger partial charge on any atom is 0.252 e. The van der Waals surface area contributed by atoms with Crippen LogP contribution in [0.3, 0.4) is 0 Å². The van der Waals surface area contributed by atoms with Crippen LogP contribution in [0.5, 0.6) is 0 Å². The zero-order valence-corrected chi connectivity index (χ0v) is 17.8. The molecule has 7 nitrogen and oxygen atoms in total. The van der Waals surface area contributed by atoms with Gasteiger partial charge in [-0.05, 0) is 55.7 Å². The molecule has 1 amide bonds. The fourth-order valence-corrected chi connectivity index (χ4v) is 4.45. The summed E-state index contributed by atoms with van der Waals surface area (Å²) in [5.74, 6) is -0.422. The largest absolute Gasteiger partial charge is 0.367 e. The first-order valence-electron chi connectivity index (χ1n) is 9.53. The van der Waals surface area contributed by atoms with E-state index in [1.54, 1.807) is 23.6 Å². The zero-order chi connectivity index (χ0) is 21.3. The van der Waals surface area contributed by atoms with Crippen LogP contribution in [0, 0.1) is 20.8 Å². The molecule has 0 saturated heterocycles. The molecule has 0 spiro atoms. The Bertz CT molecular complexity index is 1150. The van der Waals surface area contributed by atoms with Crippen LogP contribution < -0.4 is 5.73 Å². The average Bonchev–Trinajstić information content (AvgIpc) is 3.12. The van der Waals surface area contributed by atoms with E-state index in [1.165, 1.54) is 11.8 Å². The maximum absolute atomic E-state index is 12.1. The van der Waals surface area contributed by atoms with Crippen LogP contribution in [0.2, 0.25) is 0 Å². The number of pyridine rings is 3. The van der Waals surface area contributed by atoms with Crippen LogP contribution in [-0.4, -0.2) is 36.3 Å². The van der Waals surface area contributed by atoms with Crippen molar-refractivity contribution in [2.75, 3.05) is 0 Å². The predicted octanol–water partition coefficient (Wildman–Crippen LogP) is 3.19. The van der Waals surface area contributed by atoms with Crippen molar-refractivity contribution in [2.45, 2.75) is 32.7 Å². The molecule has 0 aromatic carbocycles. The molecule has 3 aromatic heterocycles. The molecule has 1 unspecified atom stereocenters. The summed E-state index contributed by atoms with van der Waals surface area (Å²) in [6, 6.07) is 7.97. The summed E-state index contributed by atoms with van der Waals surface area (Å²) in [5, 5.41) is 6.58. The number of aryl methyl sites for hydroxylation is 3. The van der Waals surface area contributed by atoms with Gasteiger partial charge in [0.25, 0.3) is 5.91 Å². The van der Waals surface area contributed by atoms with E-state index in [0.29, 0.717) is 6.54 Å². The van der Waals surface area contributed by atoms with Crippen molar-refractivity contribution in [3.05, 3.63) is 77.0 Å². The van der Waals surface area contributed by atoms with E-state index in [0.717, 1.165) is 44.2 Å². The number of thioether (sulfide) groups is 1. The molecule has 0 radical (unpaired) electrons. The normalized spacial score (nSPS) is 15.9. The first-order chi connectivity index (χ1) is 14.4. The Morgan fingerprint density at radius 1 is 1.10 bits per heavy atom. The second kappa shape index (κ2) is 8.23. The quantitative estimate of drug-likeness (QED) is 0.683. The molecule has 0 saturated carbocycles. The van der Waals surface area contributed by atoms with Crippen molar-refractivity contribution < 1.29 is 4.79 Å². The number of rotatable bonds is 5. The van der Waals surface area contributed by atoms with Gasteiger partial charge in [0.15, 0.2) is 5.37 Å². The van der Waals surface area contributed by atoms with E-state index in [2.05, 4.69) is 26.1 Å². The summed E-state index contributed by atoms with van der Waals surface area (Å²) in [6.45, 7) is 6.42. The Morgan fingerprint density at radius 2 is 1.93 bits per heavy atom. The minimum Gasteiger partial charge on any atom is -0.367 e. The molecule has 4 rings (SSSR count). The van der Waals surface area contributed by atoms with Gasteiger partial charge in [-0.1, -0.05) is 17.8 Å². The number of carbonyl (C=O) groups excluding carboxylic acids is 1. The molecule has 8 heteroatoms. The SMILES string of the molecule is Cc1cc(-c2ncc(CN3N=C(c4cnccc4C)SC3C(N)=O)cc2C)ccn1. The highest BCUT2D eigenvalue weighted by Gasteiger charge is 2.33. The van der Waals surface area contributed by atoms with Gasteiger partial charge in [-0.15, -0.1) is 0 Å². The van der Waals surface area contributed by atoms with Gasteiger partial charge < -0.3 is 5.73 Å². The van der Waals surface area contributed by atoms with Gasteiger partial charge in [0.2, 0.25) is 0 Å². The Morgan fingerprint density at radius 3 is 2.63 bits per heavy atom. The second-order valence-electron chi connectivity index (χ2n) is 7.26. The van der Waals surface area contributed by atoms with Gasteiger partial charge in [0, 0.05) is 41.6 Å². The van der Waals surface area contributed by atoms with Crippen LogP contribution in [0.4, 0.5) is 0 Å². The number of primary amides is 1. The van der Waals surface area contributed by atoms with E-state index in [9.17, 15) is 4.79 Å². The molecule has 3 aromatic rings. The van der Waals surface area contributed by atoms with Crippen LogP contribution in [-0.2, 0) is 11.3 Å². The van der Waals surface area contributed by atoms with Crippen molar-refractivity contribution in [1.29, 1.82) is 0 Å². The van der Waals surface area contributed by atoms with E-state index in [4.69, 9.17) is 5.73 Å². The van der Waals surface area contributed by atoms with Crippen molar-refractivity contribution in [2.24, 2.45) is 10.8 Å². The van der Waals surface area contributed by atoms with Crippen molar-refractivity contribution in [3.63, 3.8) is 0 Å². The first-order valence-corrected chi connectivity index (χ1v) is 10.4. The molecule has 0 bridgehead atoms. The van der Waals surface area contributed by atoms with E-state index >= 15 is 0 Å². The van der Waals surface area contributed by atoms with Gasteiger partial charge >= 0.3 is 0 Å². The number of carbonyl (C=O) groups is 1. The Hall–Kier alpha value is -3.26. The molecule has 0 aliphatic carbocycles. The van der Waals surface area contributed by atoms with Gasteiger partial charge in [-0.3, -0.25) is 24.8 Å². The fourth-order valence-electron chi connectivity index (χ4n) is 3.39. The monoisotopic (exact) mass is 418 g/mol. The number of hydrogen-bond acceptors (Lipinski definition) is 7. The third-order valence-electron chi connectivity index (χ3n) is 4.88. The van der Waals surface area contributed by atoms with Crippen LogP contribution in [0.15, 0.2) is 54.2 Å². The molecule has 1 aliphatic rings.